The van der Waals surface area contributed by atoms with Crippen LogP contribution < -0.4 is 5.32 Å². The number of nitrogens with one attached hydrogen (secondary N) is 1. The van der Waals surface area contributed by atoms with Gasteiger partial charge in [0, 0.05) is 11.1 Å². The Morgan fingerprint density at radius 2 is 2.04 bits per heavy atom. The van der Waals surface area contributed by atoms with Gasteiger partial charge in [-0.2, -0.15) is 5.26 Å². The number of anilines is 1. The molecule has 120 valence electrons. The van der Waals surface area contributed by atoms with Crippen LogP contribution in [0.3, 0.4) is 0 Å². The number of nitriles is 1. The lowest BCUT2D eigenvalue weighted by atomic mass is 10.1. The molecule has 0 saturated heterocycles. The van der Waals surface area contributed by atoms with E-state index in [0.717, 1.165) is 0 Å². The molecule has 24 heavy (non-hydrogen) atoms. The van der Waals surface area contributed by atoms with Crippen LogP contribution in [-0.2, 0) is 4.79 Å². The van der Waals surface area contributed by atoms with Gasteiger partial charge in [-0.3, -0.25) is 14.9 Å². The molecular formula is C17H12ClN3O3. The molecule has 2 aromatic rings. The van der Waals surface area contributed by atoms with Crippen LogP contribution in [0, 0.1) is 28.4 Å². The summed E-state index contributed by atoms with van der Waals surface area (Å²) in [5.74, 6) is -0.746. The summed E-state index contributed by atoms with van der Waals surface area (Å²) in [5, 5.41) is 23.1. The number of halogens is 1. The van der Waals surface area contributed by atoms with Crippen LogP contribution in [0.4, 0.5) is 11.4 Å². The van der Waals surface area contributed by atoms with Crippen molar-refractivity contribution in [2.75, 3.05) is 5.32 Å². The average molecular weight is 342 g/mol. The molecule has 0 aliphatic heterocycles. The number of aryl methyl sites for hydroxylation is 1. The molecule has 0 radical (unpaired) electrons. The van der Waals surface area contributed by atoms with Gasteiger partial charge in [-0.1, -0.05) is 35.9 Å². The Labute approximate surface area is 143 Å². The van der Waals surface area contributed by atoms with Crippen molar-refractivity contribution in [2.24, 2.45) is 0 Å². The van der Waals surface area contributed by atoms with Gasteiger partial charge in [0.15, 0.2) is 0 Å². The minimum absolute atomic E-state index is 0.0240. The van der Waals surface area contributed by atoms with E-state index >= 15 is 0 Å². The van der Waals surface area contributed by atoms with Gasteiger partial charge >= 0.3 is 0 Å². The van der Waals surface area contributed by atoms with Crippen molar-refractivity contribution in [3.63, 3.8) is 0 Å². The standard InChI is InChI=1S/C17H12ClN3O3/c1-11-6-7-15(16(8-11)21(23)24)20-17(22)13(10-19)9-12-4-2-3-5-14(12)18/h2-9H,1H3,(H,20,22). The summed E-state index contributed by atoms with van der Waals surface area (Å²) < 4.78 is 0. The van der Waals surface area contributed by atoms with Gasteiger partial charge in [-0.25, -0.2) is 0 Å². The molecular weight excluding hydrogens is 330 g/mol. The molecule has 1 N–H and O–H groups in total. The number of hydrogen-bond acceptors (Lipinski definition) is 4. The van der Waals surface area contributed by atoms with E-state index in [-0.39, 0.29) is 16.9 Å². The highest BCUT2D eigenvalue weighted by atomic mass is 35.5. The van der Waals surface area contributed by atoms with Gasteiger partial charge in [-0.15, -0.1) is 0 Å². The van der Waals surface area contributed by atoms with E-state index < -0.39 is 10.8 Å². The number of nitro benzene ring substituents is 1. The third-order valence-corrected chi connectivity index (χ3v) is 3.51. The first-order chi connectivity index (χ1) is 11.4. The van der Waals surface area contributed by atoms with Gasteiger partial charge in [0.2, 0.25) is 0 Å². The monoisotopic (exact) mass is 341 g/mol. The Bertz CT molecular complexity index is 885. The Morgan fingerprint density at radius 3 is 2.67 bits per heavy atom. The third kappa shape index (κ3) is 3.97. The summed E-state index contributed by atoms with van der Waals surface area (Å²) in [4.78, 5) is 22.7. The summed E-state index contributed by atoms with van der Waals surface area (Å²) in [5.41, 5.74) is 0.767. The number of nitro groups is 1. The fourth-order valence-corrected chi connectivity index (χ4v) is 2.17. The van der Waals surface area contributed by atoms with Gasteiger partial charge in [0.1, 0.15) is 17.3 Å². The number of amides is 1. The number of carbonyl (C=O) groups is 1. The largest absolute Gasteiger partial charge is 0.316 e. The molecule has 6 nitrogen and oxygen atoms in total. The van der Waals surface area contributed by atoms with Crippen molar-refractivity contribution in [3.05, 3.63) is 74.3 Å². The number of hydrogen-bond donors (Lipinski definition) is 1. The summed E-state index contributed by atoms with van der Waals surface area (Å²) in [7, 11) is 0. The second kappa shape index (κ2) is 7.40. The first-order valence-corrected chi connectivity index (χ1v) is 7.23. The first-order valence-electron chi connectivity index (χ1n) is 6.85. The Hall–Kier alpha value is -3.17. The van der Waals surface area contributed by atoms with E-state index in [4.69, 9.17) is 11.6 Å². The minimum atomic E-state index is -0.746. The van der Waals surface area contributed by atoms with Crippen molar-refractivity contribution < 1.29 is 9.72 Å². The predicted octanol–water partition coefficient (Wildman–Crippen LogP) is 4.10. The SMILES string of the molecule is Cc1ccc(NC(=O)C(C#N)=Cc2ccccc2Cl)c([N+](=O)[O-])c1. The summed E-state index contributed by atoms with van der Waals surface area (Å²) in [6.07, 6.45) is 1.33. The number of carbonyl (C=O) groups excluding carboxylic acids is 1. The molecule has 0 aromatic heterocycles. The maximum Gasteiger partial charge on any atom is 0.293 e. The quantitative estimate of drug-likeness (QED) is 0.392. The molecule has 0 heterocycles. The fraction of sp³-hybridized carbons (Fsp3) is 0.0588. The van der Waals surface area contributed by atoms with Crippen LogP contribution in [0.25, 0.3) is 6.08 Å². The van der Waals surface area contributed by atoms with Gasteiger partial charge < -0.3 is 5.32 Å². The minimum Gasteiger partial charge on any atom is -0.316 e. The van der Waals surface area contributed by atoms with Crippen LogP contribution in [0.15, 0.2) is 48.0 Å². The molecule has 0 spiro atoms. The third-order valence-electron chi connectivity index (χ3n) is 3.17. The predicted molar refractivity (Wildman–Crippen MR) is 91.5 cm³/mol. The van der Waals surface area contributed by atoms with E-state index in [1.54, 1.807) is 43.3 Å². The van der Waals surface area contributed by atoms with Crippen LogP contribution >= 0.6 is 11.6 Å². The molecule has 0 fully saturated rings. The number of nitrogens with zero attached hydrogens (tertiary/aromatic N) is 2. The topological polar surface area (TPSA) is 96.0 Å². The lowest BCUT2D eigenvalue weighted by Crippen LogP contribution is -2.14. The molecule has 1 amide bonds. The van der Waals surface area contributed by atoms with E-state index in [9.17, 15) is 20.2 Å². The summed E-state index contributed by atoms with van der Waals surface area (Å²) in [6, 6.07) is 12.9. The molecule has 2 aromatic carbocycles. The average Bonchev–Trinajstić information content (AvgIpc) is 2.55. The van der Waals surface area contributed by atoms with Crippen LogP contribution in [-0.4, -0.2) is 10.8 Å². The zero-order chi connectivity index (χ0) is 17.7. The molecule has 7 heteroatoms. The highest BCUT2D eigenvalue weighted by Crippen LogP contribution is 2.26. The molecule has 0 atom stereocenters. The fourth-order valence-electron chi connectivity index (χ4n) is 1.98. The highest BCUT2D eigenvalue weighted by Gasteiger charge is 2.18. The van der Waals surface area contributed by atoms with E-state index in [1.807, 2.05) is 0 Å². The first kappa shape index (κ1) is 17.2. The molecule has 0 aliphatic rings. The van der Waals surface area contributed by atoms with Crippen molar-refractivity contribution in [2.45, 2.75) is 6.92 Å². The van der Waals surface area contributed by atoms with Gasteiger partial charge in [0.25, 0.3) is 11.6 Å². The van der Waals surface area contributed by atoms with Crippen molar-refractivity contribution in [1.29, 1.82) is 5.26 Å². The van der Waals surface area contributed by atoms with Crippen LogP contribution in [0.1, 0.15) is 11.1 Å². The Kier molecular flexibility index (Phi) is 5.30. The zero-order valence-corrected chi connectivity index (χ0v) is 13.4. The van der Waals surface area contributed by atoms with E-state index in [0.29, 0.717) is 16.1 Å². The van der Waals surface area contributed by atoms with Crippen molar-refractivity contribution >= 4 is 35.0 Å². The van der Waals surface area contributed by atoms with Crippen LogP contribution in [0.5, 0.6) is 0 Å². The van der Waals surface area contributed by atoms with Crippen molar-refractivity contribution in [3.8, 4) is 6.07 Å². The van der Waals surface area contributed by atoms with Gasteiger partial charge in [-0.05, 0) is 36.3 Å². The maximum atomic E-state index is 12.3. The Morgan fingerprint density at radius 1 is 1.33 bits per heavy atom. The number of rotatable bonds is 4. The van der Waals surface area contributed by atoms with Crippen molar-refractivity contribution in [1.82, 2.24) is 0 Å². The molecule has 0 aliphatic carbocycles. The smallest absolute Gasteiger partial charge is 0.293 e. The molecule has 0 bridgehead atoms. The lowest BCUT2D eigenvalue weighted by molar-refractivity contribution is -0.384. The second-order valence-corrected chi connectivity index (χ2v) is 5.33. The second-order valence-electron chi connectivity index (χ2n) is 4.92. The summed E-state index contributed by atoms with van der Waals surface area (Å²) >= 11 is 6.00. The van der Waals surface area contributed by atoms with Gasteiger partial charge in [0.05, 0.1) is 4.92 Å². The molecule has 0 unspecified atom stereocenters. The zero-order valence-electron chi connectivity index (χ0n) is 12.6. The van der Waals surface area contributed by atoms with Crippen LogP contribution in [0.2, 0.25) is 5.02 Å². The van der Waals surface area contributed by atoms with E-state index in [1.165, 1.54) is 18.2 Å². The lowest BCUT2D eigenvalue weighted by Gasteiger charge is -2.06. The van der Waals surface area contributed by atoms with E-state index in [2.05, 4.69) is 5.32 Å². The number of benzene rings is 2. The maximum absolute atomic E-state index is 12.3. The molecule has 2 rings (SSSR count). The summed E-state index contributed by atoms with van der Waals surface area (Å²) in [6.45, 7) is 1.70. The molecule has 0 saturated carbocycles. The highest BCUT2D eigenvalue weighted by molar-refractivity contribution is 6.32. The normalized spacial score (nSPS) is 10.8. The Balaban J connectivity index is 2.34.